The second-order valence-electron chi connectivity index (χ2n) is 14.9. The molecule has 63 heavy (non-hydrogen) atoms. The van der Waals surface area contributed by atoms with E-state index in [9.17, 15) is 43.7 Å². The Morgan fingerprint density at radius 1 is 0.905 bits per heavy atom. The van der Waals surface area contributed by atoms with E-state index < -0.39 is 113 Å². The van der Waals surface area contributed by atoms with Gasteiger partial charge in [0.15, 0.2) is 30.3 Å². The monoisotopic (exact) mass is 959 g/mol. The molecule has 2 unspecified atom stereocenters. The number of alkyl halides is 1. The van der Waals surface area contributed by atoms with Crippen LogP contribution in [0.3, 0.4) is 0 Å². The van der Waals surface area contributed by atoms with Gasteiger partial charge in [-0.1, -0.05) is 58.3 Å². The predicted octanol–water partition coefficient (Wildman–Crippen LogP) is 2.80. The first-order chi connectivity index (χ1) is 29.6. The van der Waals surface area contributed by atoms with E-state index in [4.69, 9.17) is 59.3 Å². The summed E-state index contributed by atoms with van der Waals surface area (Å²) in [4.78, 5) is 79.0. The molecule has 0 aromatic carbocycles. The fraction of sp³-hybridized carbons (Fsp3) is 0.750. The zero-order valence-electron chi connectivity index (χ0n) is 35.4. The topological polar surface area (TPSA) is 319 Å². The quantitative estimate of drug-likeness (QED) is 0.0437. The van der Waals surface area contributed by atoms with Crippen LogP contribution in [0.5, 0.6) is 0 Å². The first-order valence-corrected chi connectivity index (χ1v) is 24.3. The highest BCUT2D eigenvalue weighted by Crippen LogP contribution is 2.62. The summed E-state index contributed by atoms with van der Waals surface area (Å²) >= 11 is 4.91. The minimum absolute atomic E-state index is 0.0304. The fourth-order valence-electron chi connectivity index (χ4n) is 7.03. The van der Waals surface area contributed by atoms with Crippen molar-refractivity contribution in [3.63, 3.8) is 0 Å². The second-order valence-corrected chi connectivity index (χ2v) is 19.3. The number of aryl methyl sites for hydroxylation is 1. The molecule has 2 aromatic heterocycles. The molecule has 4 rings (SSSR count). The SMILES string of the molecule is CCCCCCCCCCCC(=O)OC[C@H](F)[C@H]1O[C@@H](OP(=O)(O)OP(O)(=S)OC[C@H]2O[C@@H](c3nn(C)c4c(N)ncnc34)[C@H](O)[C@@H]2O)[C@@H](OC(C)=O)[C@@H](OC(C)=O)[C@@H]1OC(C)=O. The molecule has 23 nitrogen and oxygen atoms in total. The van der Waals surface area contributed by atoms with Gasteiger partial charge < -0.3 is 58.7 Å². The van der Waals surface area contributed by atoms with Crippen molar-refractivity contribution in [1.82, 2.24) is 19.7 Å². The number of phosphoric ester groups is 1. The summed E-state index contributed by atoms with van der Waals surface area (Å²) in [5, 5.41) is 25.9. The number of carbonyl (C=O) groups excluding carboxylic acids is 4. The highest BCUT2D eigenvalue weighted by atomic mass is 32.5. The molecule has 0 amide bonds. The fourth-order valence-corrected chi connectivity index (χ4v) is 10.1. The minimum Gasteiger partial charge on any atom is -0.462 e. The van der Waals surface area contributed by atoms with E-state index in [1.807, 2.05) is 0 Å². The van der Waals surface area contributed by atoms with E-state index in [2.05, 4.69) is 22.0 Å². The van der Waals surface area contributed by atoms with Crippen molar-refractivity contribution < 1.29 is 89.9 Å². The standard InChI is InChI=1S/C36H56FN5O18P2S/c1-6-7-8-9-10-11-12-13-14-15-24(46)52-16-22(37)30-32(54-19(2)43)33(55-20(3)44)34(56-21(4)45)36(58-30)59-61(49,50)60-62(51,63)53-17-23-28(47)29(48)31(57-23)26-25-27(42(5)41-26)35(38)40-18-39-25/h18,22-23,28-34,36,47-48H,6-17H2,1-5H3,(H,49,50)(H,51,63)(H2,38,39,40)/t22-,23+,28+,29+,30+,31-,32+,33-,34-,36-,62?/m0/s1. The number of esters is 4. The third-order valence-corrected chi connectivity index (χ3v) is 13.4. The number of rotatable bonds is 24. The first-order valence-electron chi connectivity index (χ1n) is 20.3. The number of nitrogen functional groups attached to an aromatic ring is 1. The molecule has 356 valence electrons. The van der Waals surface area contributed by atoms with Crippen molar-refractivity contribution in [2.24, 2.45) is 7.05 Å². The number of aliphatic hydroxyl groups is 2. The molecule has 27 heteroatoms. The molecule has 0 saturated carbocycles. The maximum absolute atomic E-state index is 16.1. The van der Waals surface area contributed by atoms with Crippen molar-refractivity contribution >= 4 is 67.1 Å². The third kappa shape index (κ3) is 15.1. The third-order valence-electron chi connectivity index (χ3n) is 9.83. The van der Waals surface area contributed by atoms with E-state index in [0.29, 0.717) is 11.9 Å². The zero-order chi connectivity index (χ0) is 46.6. The van der Waals surface area contributed by atoms with Crippen LogP contribution in [0.1, 0.15) is 104 Å². The van der Waals surface area contributed by atoms with Crippen molar-refractivity contribution in [2.75, 3.05) is 18.9 Å². The van der Waals surface area contributed by atoms with Gasteiger partial charge in [0, 0.05) is 34.2 Å². The van der Waals surface area contributed by atoms with Gasteiger partial charge in [-0.25, -0.2) is 23.2 Å². The summed E-state index contributed by atoms with van der Waals surface area (Å²) in [5.74, 6) is -3.90. The van der Waals surface area contributed by atoms with Crippen molar-refractivity contribution in [3.05, 3.63) is 12.0 Å². The molecular formula is C36H56FN5O18P2S. The Bertz CT molecular complexity index is 1980. The summed E-state index contributed by atoms with van der Waals surface area (Å²) in [6.07, 6.45) is -8.89. The number of nitrogens with zero attached hydrogens (tertiary/aromatic N) is 4. The van der Waals surface area contributed by atoms with E-state index in [1.165, 1.54) is 24.6 Å². The Labute approximate surface area is 367 Å². The van der Waals surface area contributed by atoms with Gasteiger partial charge in [0.2, 0.25) is 6.29 Å². The van der Waals surface area contributed by atoms with Crippen molar-refractivity contribution in [2.45, 2.75) is 153 Å². The number of anilines is 1. The van der Waals surface area contributed by atoms with Gasteiger partial charge in [0.05, 0.1) is 6.61 Å². The smallest absolute Gasteiger partial charge is 0.462 e. The number of halogens is 1. The van der Waals surface area contributed by atoms with Crippen molar-refractivity contribution in [1.29, 1.82) is 0 Å². The Balaban J connectivity index is 1.44. The van der Waals surface area contributed by atoms with Crippen LogP contribution in [0, 0.1) is 0 Å². The largest absolute Gasteiger partial charge is 0.481 e. The van der Waals surface area contributed by atoms with E-state index in [0.717, 1.165) is 65.6 Å². The number of aromatic nitrogens is 4. The minimum atomic E-state index is -5.76. The number of carbonyl (C=O) groups is 4. The van der Waals surface area contributed by atoms with Gasteiger partial charge in [-0.3, -0.25) is 28.4 Å². The lowest BCUT2D eigenvalue weighted by atomic mass is 9.95. The Kier molecular flexibility index (Phi) is 19.7. The Morgan fingerprint density at radius 3 is 2.11 bits per heavy atom. The average molecular weight is 960 g/mol. The van der Waals surface area contributed by atoms with Gasteiger partial charge in [0.1, 0.15) is 60.2 Å². The lowest BCUT2D eigenvalue weighted by molar-refractivity contribution is -0.296. The summed E-state index contributed by atoms with van der Waals surface area (Å²) in [5.41, 5.74) is 6.52. The van der Waals surface area contributed by atoms with Crippen LogP contribution in [0.2, 0.25) is 0 Å². The number of hydrogen-bond donors (Lipinski definition) is 5. The number of phosphoric acid groups is 1. The predicted molar refractivity (Wildman–Crippen MR) is 218 cm³/mol. The van der Waals surface area contributed by atoms with Gasteiger partial charge in [-0.05, 0) is 18.2 Å². The number of fused-ring (bicyclic) bond motifs is 1. The summed E-state index contributed by atoms with van der Waals surface area (Å²) in [6, 6.07) is 0. The molecule has 0 spiro atoms. The number of hydrogen-bond acceptors (Lipinski definition) is 21. The molecule has 6 N–H and O–H groups in total. The zero-order valence-corrected chi connectivity index (χ0v) is 38.0. The molecule has 2 saturated heterocycles. The summed E-state index contributed by atoms with van der Waals surface area (Å²) in [7, 11) is -4.22. The normalized spacial score (nSPS) is 27.2. The van der Waals surface area contributed by atoms with Crippen LogP contribution >= 0.6 is 14.5 Å². The first kappa shape index (κ1) is 52.3. The molecular weight excluding hydrogens is 903 g/mol. The molecule has 12 atom stereocenters. The van der Waals surface area contributed by atoms with Crippen LogP contribution in [0.4, 0.5) is 10.2 Å². The lowest BCUT2D eigenvalue weighted by Crippen LogP contribution is -2.64. The molecule has 0 bridgehead atoms. The summed E-state index contributed by atoms with van der Waals surface area (Å²) < 4.78 is 78.1. The van der Waals surface area contributed by atoms with Gasteiger partial charge >= 0.3 is 38.4 Å². The number of ether oxygens (including phenoxy) is 6. The van der Waals surface area contributed by atoms with Gasteiger partial charge in [-0.15, -0.1) is 0 Å². The Hall–Kier alpha value is -3.32. The van der Waals surface area contributed by atoms with Crippen LogP contribution in [0.25, 0.3) is 11.0 Å². The Morgan fingerprint density at radius 2 is 1.49 bits per heavy atom. The number of aliphatic hydroxyl groups excluding tert-OH is 2. The van der Waals surface area contributed by atoms with Crippen LogP contribution < -0.4 is 5.73 Å². The molecule has 2 aliphatic heterocycles. The molecule has 2 fully saturated rings. The van der Waals surface area contributed by atoms with Crippen LogP contribution in [-0.2, 0) is 84.4 Å². The van der Waals surface area contributed by atoms with E-state index in [1.54, 1.807) is 0 Å². The van der Waals surface area contributed by atoms with E-state index in [-0.39, 0.29) is 23.4 Å². The maximum Gasteiger partial charge on any atom is 0.481 e. The highest BCUT2D eigenvalue weighted by Gasteiger charge is 2.57. The van der Waals surface area contributed by atoms with Crippen LogP contribution in [0.15, 0.2) is 6.33 Å². The molecule has 0 aliphatic carbocycles. The second kappa shape index (κ2) is 23.7. The summed E-state index contributed by atoms with van der Waals surface area (Å²) in [6.45, 7) is -1.87. The van der Waals surface area contributed by atoms with Gasteiger partial charge in [-0.2, -0.15) is 5.10 Å². The molecule has 0 radical (unpaired) electrons. The maximum atomic E-state index is 16.1. The van der Waals surface area contributed by atoms with Crippen molar-refractivity contribution in [3.8, 4) is 0 Å². The molecule has 2 aliphatic rings. The number of unbranched alkanes of at least 4 members (excludes halogenated alkanes) is 8. The van der Waals surface area contributed by atoms with Gasteiger partial charge in [0.25, 0.3) is 0 Å². The van der Waals surface area contributed by atoms with Crippen LogP contribution in [-0.4, -0.2) is 132 Å². The number of nitrogens with two attached hydrogens (primary N) is 1. The lowest BCUT2D eigenvalue weighted by Gasteiger charge is -2.45. The van der Waals surface area contributed by atoms with E-state index >= 15 is 4.39 Å². The highest BCUT2D eigenvalue weighted by molar-refractivity contribution is 8.08. The molecule has 2 aromatic rings. The molecule has 4 heterocycles. The average Bonchev–Trinajstić information content (AvgIpc) is 3.67.